The number of halogens is 4. The van der Waals surface area contributed by atoms with Crippen LogP contribution in [0.5, 0.6) is 0 Å². The van der Waals surface area contributed by atoms with Gasteiger partial charge >= 0.3 is 11.9 Å². The van der Waals surface area contributed by atoms with Gasteiger partial charge in [0.2, 0.25) is 5.91 Å². The van der Waals surface area contributed by atoms with Gasteiger partial charge in [0.1, 0.15) is 16.4 Å². The van der Waals surface area contributed by atoms with Crippen LogP contribution in [0.3, 0.4) is 0 Å². The second kappa shape index (κ2) is 9.40. The van der Waals surface area contributed by atoms with E-state index in [2.05, 4.69) is 15.4 Å². The molecule has 0 spiro atoms. The number of benzene rings is 2. The van der Waals surface area contributed by atoms with Gasteiger partial charge in [0.15, 0.2) is 5.82 Å². The number of aromatic amines is 1. The lowest BCUT2D eigenvalue weighted by molar-refractivity contribution is -0.138. The van der Waals surface area contributed by atoms with Crippen molar-refractivity contribution in [1.29, 1.82) is 0 Å². The van der Waals surface area contributed by atoms with Gasteiger partial charge in [0.05, 0.1) is 17.4 Å². The molecule has 1 aromatic heterocycles. The summed E-state index contributed by atoms with van der Waals surface area (Å²) in [7, 11) is -3.78. The van der Waals surface area contributed by atoms with Crippen LogP contribution in [-0.2, 0) is 27.4 Å². The first-order valence-electron chi connectivity index (χ1n) is 9.40. The van der Waals surface area contributed by atoms with Gasteiger partial charge < -0.3 is 5.32 Å². The summed E-state index contributed by atoms with van der Waals surface area (Å²) >= 11 is 5.82. The Hall–Kier alpha value is -3.12. The van der Waals surface area contributed by atoms with Gasteiger partial charge in [-0.2, -0.15) is 13.2 Å². The zero-order valence-corrected chi connectivity index (χ0v) is 18.6. The Morgan fingerprint density at radius 3 is 2.42 bits per heavy atom. The number of sulfone groups is 1. The Morgan fingerprint density at radius 1 is 1.18 bits per heavy atom. The maximum atomic E-state index is 13.4. The Kier molecular flexibility index (Phi) is 6.98. The molecule has 1 atom stereocenters. The Morgan fingerprint density at radius 2 is 1.82 bits per heavy atom. The maximum Gasteiger partial charge on any atom is 0.416 e. The van der Waals surface area contributed by atoms with E-state index in [1.54, 1.807) is 24.3 Å². The lowest BCUT2D eigenvalue weighted by Gasteiger charge is -2.22. The van der Waals surface area contributed by atoms with Gasteiger partial charge in [0.25, 0.3) is 0 Å². The SMILES string of the molecule is CS(=O)(=O)CC(NC(=O)Cn1nc(-c2ccc(Cl)cc2)[nH]c1=O)c1ccccc1C(F)(F)F. The molecule has 13 heteroatoms. The van der Waals surface area contributed by atoms with Crippen molar-refractivity contribution in [2.45, 2.75) is 18.8 Å². The van der Waals surface area contributed by atoms with Crippen molar-refractivity contribution in [2.75, 3.05) is 12.0 Å². The third kappa shape index (κ3) is 6.45. The first-order chi connectivity index (χ1) is 15.3. The average molecular weight is 503 g/mol. The lowest BCUT2D eigenvalue weighted by Crippen LogP contribution is -2.38. The largest absolute Gasteiger partial charge is 0.416 e. The number of carbonyl (C=O) groups excluding carboxylic acids is 1. The molecule has 0 aliphatic carbocycles. The van der Waals surface area contributed by atoms with E-state index in [0.29, 0.717) is 10.6 Å². The van der Waals surface area contributed by atoms with E-state index in [1.807, 2.05) is 0 Å². The van der Waals surface area contributed by atoms with Gasteiger partial charge in [-0.25, -0.2) is 17.9 Å². The maximum absolute atomic E-state index is 13.4. The van der Waals surface area contributed by atoms with E-state index in [1.165, 1.54) is 6.07 Å². The standard InChI is InChI=1S/C20H18ClF3N4O4S/c1-33(31,32)11-16(14-4-2-3-5-15(14)20(22,23)24)25-17(29)10-28-19(30)26-18(27-28)12-6-8-13(21)9-7-12/h2-9,16H,10-11H2,1H3,(H,25,29)(H,26,27,30). The summed E-state index contributed by atoms with van der Waals surface area (Å²) in [5, 5.41) is 6.76. The van der Waals surface area contributed by atoms with Crippen LogP contribution >= 0.6 is 11.6 Å². The van der Waals surface area contributed by atoms with Crippen LogP contribution in [0, 0.1) is 0 Å². The number of alkyl halides is 3. The van der Waals surface area contributed by atoms with Crippen molar-refractivity contribution in [1.82, 2.24) is 20.1 Å². The highest BCUT2D eigenvalue weighted by atomic mass is 35.5. The van der Waals surface area contributed by atoms with Crippen LogP contribution in [0.15, 0.2) is 53.3 Å². The third-order valence-electron chi connectivity index (χ3n) is 4.54. The van der Waals surface area contributed by atoms with E-state index in [0.717, 1.165) is 29.1 Å². The summed E-state index contributed by atoms with van der Waals surface area (Å²) < 4.78 is 64.8. The monoisotopic (exact) mass is 502 g/mol. The van der Waals surface area contributed by atoms with Crippen molar-refractivity contribution in [3.63, 3.8) is 0 Å². The van der Waals surface area contributed by atoms with Gasteiger partial charge in [-0.1, -0.05) is 29.8 Å². The molecule has 8 nitrogen and oxygen atoms in total. The minimum absolute atomic E-state index is 0.152. The fourth-order valence-electron chi connectivity index (χ4n) is 3.15. The molecule has 0 radical (unpaired) electrons. The highest BCUT2D eigenvalue weighted by Gasteiger charge is 2.36. The molecule has 1 unspecified atom stereocenters. The summed E-state index contributed by atoms with van der Waals surface area (Å²) in [4.78, 5) is 27.2. The number of nitrogens with zero attached hydrogens (tertiary/aromatic N) is 2. The highest BCUT2D eigenvalue weighted by molar-refractivity contribution is 7.90. The topological polar surface area (TPSA) is 114 Å². The van der Waals surface area contributed by atoms with E-state index < -0.39 is 57.1 Å². The van der Waals surface area contributed by atoms with Crippen LogP contribution in [0.4, 0.5) is 13.2 Å². The molecule has 176 valence electrons. The third-order valence-corrected chi connectivity index (χ3v) is 5.73. The van der Waals surface area contributed by atoms with Crippen LogP contribution < -0.4 is 11.0 Å². The summed E-state index contributed by atoms with van der Waals surface area (Å²) in [6.45, 7) is -0.641. The van der Waals surface area contributed by atoms with Gasteiger partial charge in [-0.15, -0.1) is 5.10 Å². The highest BCUT2D eigenvalue weighted by Crippen LogP contribution is 2.34. The van der Waals surface area contributed by atoms with E-state index in [9.17, 15) is 31.2 Å². The molecule has 2 aromatic carbocycles. The quantitative estimate of drug-likeness (QED) is 0.515. The smallest absolute Gasteiger partial charge is 0.347 e. The fraction of sp³-hybridized carbons (Fsp3) is 0.250. The van der Waals surface area contributed by atoms with E-state index in [-0.39, 0.29) is 5.82 Å². The summed E-state index contributed by atoms with van der Waals surface area (Å²) in [5.41, 5.74) is -1.68. The molecular weight excluding hydrogens is 485 g/mol. The van der Waals surface area contributed by atoms with Crippen molar-refractivity contribution < 1.29 is 26.4 Å². The Labute approximate surface area is 191 Å². The van der Waals surface area contributed by atoms with Crippen molar-refractivity contribution >= 4 is 27.3 Å². The second-order valence-corrected chi connectivity index (χ2v) is 9.86. The number of H-pyrrole nitrogens is 1. The molecule has 1 amide bonds. The summed E-state index contributed by atoms with van der Waals surface area (Å²) in [5.74, 6) is -1.51. The molecule has 0 fully saturated rings. The van der Waals surface area contributed by atoms with Crippen LogP contribution in [0.2, 0.25) is 5.02 Å². The number of carbonyl (C=O) groups is 1. The molecule has 1 heterocycles. The van der Waals surface area contributed by atoms with Crippen LogP contribution in [-0.4, -0.2) is 41.1 Å². The van der Waals surface area contributed by atoms with E-state index in [4.69, 9.17) is 11.6 Å². The minimum Gasteiger partial charge on any atom is -0.347 e. The van der Waals surface area contributed by atoms with Crippen LogP contribution in [0.1, 0.15) is 17.2 Å². The number of nitrogens with one attached hydrogen (secondary N) is 2. The fourth-order valence-corrected chi connectivity index (χ4v) is 4.14. The van der Waals surface area contributed by atoms with Gasteiger partial charge in [-0.05, 0) is 35.9 Å². The van der Waals surface area contributed by atoms with Crippen LogP contribution in [0.25, 0.3) is 11.4 Å². The minimum atomic E-state index is -4.76. The number of aromatic nitrogens is 3. The lowest BCUT2D eigenvalue weighted by atomic mass is 10.0. The van der Waals surface area contributed by atoms with Gasteiger partial charge in [-0.3, -0.25) is 9.78 Å². The Balaban J connectivity index is 1.86. The van der Waals surface area contributed by atoms with Crippen molar-refractivity contribution in [3.05, 3.63) is 75.2 Å². The molecule has 3 aromatic rings. The van der Waals surface area contributed by atoms with Crippen molar-refractivity contribution in [2.24, 2.45) is 0 Å². The zero-order valence-electron chi connectivity index (χ0n) is 17.1. The van der Waals surface area contributed by atoms with E-state index >= 15 is 0 Å². The normalized spacial score (nSPS) is 13.0. The first kappa shape index (κ1) is 24.5. The molecule has 3 rings (SSSR count). The molecule has 0 aliphatic heterocycles. The molecular formula is C20H18ClF3N4O4S. The molecule has 33 heavy (non-hydrogen) atoms. The number of hydrogen-bond donors (Lipinski definition) is 2. The molecule has 0 saturated carbocycles. The van der Waals surface area contributed by atoms with Gasteiger partial charge in [0, 0.05) is 16.8 Å². The predicted octanol–water partition coefficient (Wildman–Crippen LogP) is 2.81. The summed E-state index contributed by atoms with van der Waals surface area (Å²) in [6.07, 6.45) is -3.91. The average Bonchev–Trinajstić information content (AvgIpc) is 3.06. The molecule has 0 saturated heterocycles. The molecule has 0 aliphatic rings. The number of amides is 1. The number of rotatable bonds is 7. The predicted molar refractivity (Wildman–Crippen MR) is 115 cm³/mol. The first-order valence-corrected chi connectivity index (χ1v) is 11.8. The molecule has 2 N–H and O–H groups in total. The van der Waals surface area contributed by atoms with Crippen molar-refractivity contribution in [3.8, 4) is 11.4 Å². The second-order valence-electron chi connectivity index (χ2n) is 7.24. The summed E-state index contributed by atoms with van der Waals surface area (Å²) in [6, 6.07) is 9.23. The zero-order chi connectivity index (χ0) is 24.4. The molecule has 0 bridgehead atoms. The number of hydrogen-bond acceptors (Lipinski definition) is 5. The Bertz CT molecular complexity index is 1320.